The van der Waals surface area contributed by atoms with Crippen LogP contribution >= 0.6 is 11.6 Å². The lowest BCUT2D eigenvalue weighted by atomic mass is 10.1. The number of alkyl halides is 3. The minimum atomic E-state index is -4.54. The van der Waals surface area contributed by atoms with Gasteiger partial charge in [0.1, 0.15) is 5.76 Å². The van der Waals surface area contributed by atoms with Gasteiger partial charge in [0.15, 0.2) is 5.76 Å². The number of rotatable bonds is 5. The third-order valence-electron chi connectivity index (χ3n) is 4.04. The zero-order chi connectivity index (χ0) is 21.9. The van der Waals surface area contributed by atoms with Gasteiger partial charge in [-0.25, -0.2) is 4.79 Å². The number of anilines is 1. The van der Waals surface area contributed by atoms with E-state index in [2.05, 4.69) is 5.32 Å². The van der Waals surface area contributed by atoms with Gasteiger partial charge in [-0.2, -0.15) is 13.2 Å². The Kier molecular flexibility index (Phi) is 6.17. The summed E-state index contributed by atoms with van der Waals surface area (Å²) in [5.74, 6) is -1.20. The second kappa shape index (κ2) is 8.62. The van der Waals surface area contributed by atoms with Crippen LogP contribution in [0.2, 0.25) is 5.02 Å². The second-order valence-corrected chi connectivity index (χ2v) is 6.52. The second-order valence-electron chi connectivity index (χ2n) is 6.11. The minimum absolute atomic E-state index is 0.0179. The van der Waals surface area contributed by atoms with Crippen LogP contribution in [0.4, 0.5) is 18.9 Å². The fourth-order valence-corrected chi connectivity index (χ4v) is 2.80. The maximum atomic E-state index is 12.9. The topological polar surface area (TPSA) is 68.5 Å². The number of benzene rings is 2. The molecule has 156 valence electrons. The molecule has 3 aromatic rings. The third kappa shape index (κ3) is 4.83. The monoisotopic (exact) mass is 437 g/mol. The molecule has 0 aliphatic carbocycles. The molecule has 0 spiro atoms. The Morgan fingerprint density at radius 3 is 2.40 bits per heavy atom. The molecule has 0 fully saturated rings. The summed E-state index contributed by atoms with van der Waals surface area (Å²) in [4.78, 5) is 24.0. The Hall–Kier alpha value is -3.26. The first-order valence-electron chi connectivity index (χ1n) is 8.74. The van der Waals surface area contributed by atoms with Crippen molar-refractivity contribution in [1.82, 2.24) is 0 Å². The number of nitrogens with one attached hydrogen (secondary N) is 1. The smallest absolute Gasteiger partial charge is 0.416 e. The van der Waals surface area contributed by atoms with Crippen LogP contribution in [0.1, 0.15) is 33.4 Å². The highest BCUT2D eigenvalue weighted by Gasteiger charge is 2.31. The van der Waals surface area contributed by atoms with Crippen LogP contribution in [0.3, 0.4) is 0 Å². The summed E-state index contributed by atoms with van der Waals surface area (Å²) >= 11 is 6.00. The fourth-order valence-electron chi connectivity index (χ4n) is 2.59. The molecule has 30 heavy (non-hydrogen) atoms. The van der Waals surface area contributed by atoms with Crippen LogP contribution < -0.4 is 5.32 Å². The molecule has 0 aliphatic rings. The molecule has 9 heteroatoms. The lowest BCUT2D eigenvalue weighted by molar-refractivity contribution is -0.137. The van der Waals surface area contributed by atoms with Crippen molar-refractivity contribution >= 4 is 29.2 Å². The molecule has 0 bridgehead atoms. The van der Waals surface area contributed by atoms with Gasteiger partial charge in [-0.3, -0.25) is 4.79 Å². The van der Waals surface area contributed by atoms with Gasteiger partial charge in [-0.1, -0.05) is 11.6 Å². The van der Waals surface area contributed by atoms with Crippen molar-refractivity contribution in [1.29, 1.82) is 0 Å². The van der Waals surface area contributed by atoms with Crippen LogP contribution in [-0.2, 0) is 10.9 Å². The van der Waals surface area contributed by atoms with Gasteiger partial charge in [0.25, 0.3) is 5.91 Å². The number of hydrogen-bond acceptors (Lipinski definition) is 4. The summed E-state index contributed by atoms with van der Waals surface area (Å²) in [7, 11) is 0. The lowest BCUT2D eigenvalue weighted by Crippen LogP contribution is -2.11. The molecular formula is C21H15ClF3NO4. The van der Waals surface area contributed by atoms with Crippen molar-refractivity contribution in [2.24, 2.45) is 0 Å². The van der Waals surface area contributed by atoms with E-state index in [0.717, 1.165) is 18.2 Å². The first-order chi connectivity index (χ1) is 14.2. The van der Waals surface area contributed by atoms with E-state index in [1.807, 2.05) is 0 Å². The van der Waals surface area contributed by atoms with E-state index in [1.165, 1.54) is 36.4 Å². The Morgan fingerprint density at radius 1 is 1.07 bits per heavy atom. The highest BCUT2D eigenvalue weighted by Crippen LogP contribution is 2.36. The van der Waals surface area contributed by atoms with Gasteiger partial charge in [-0.15, -0.1) is 0 Å². The van der Waals surface area contributed by atoms with E-state index in [1.54, 1.807) is 6.92 Å². The maximum absolute atomic E-state index is 12.9. The number of ether oxygens (including phenoxy) is 1. The zero-order valence-electron chi connectivity index (χ0n) is 15.5. The first-order valence-corrected chi connectivity index (χ1v) is 9.12. The van der Waals surface area contributed by atoms with Gasteiger partial charge in [0.2, 0.25) is 0 Å². The molecule has 3 rings (SSSR count). The Labute approximate surface area is 174 Å². The van der Waals surface area contributed by atoms with Crippen LogP contribution in [0.5, 0.6) is 0 Å². The van der Waals surface area contributed by atoms with Crippen molar-refractivity contribution in [2.45, 2.75) is 13.1 Å². The number of halogens is 4. The molecule has 0 atom stereocenters. The highest BCUT2D eigenvalue weighted by atomic mass is 35.5. The standard InChI is InChI=1S/C21H15ClF3NO4/c1-2-29-20(28)12-3-6-14(7-4-12)26-19(27)18-10-9-17(30-18)15-11-13(21(23,24)25)5-8-16(15)22/h3-11H,2H2,1H3,(H,26,27). The van der Waals surface area contributed by atoms with Crippen LogP contribution in [0.15, 0.2) is 59.0 Å². The predicted octanol–water partition coefficient (Wildman–Crippen LogP) is 6.05. The number of hydrogen-bond donors (Lipinski definition) is 1. The molecule has 1 N–H and O–H groups in total. The number of amides is 1. The number of carbonyl (C=O) groups is 2. The largest absolute Gasteiger partial charge is 0.462 e. The lowest BCUT2D eigenvalue weighted by Gasteiger charge is -2.09. The SMILES string of the molecule is CCOC(=O)c1ccc(NC(=O)c2ccc(-c3cc(C(F)(F)F)ccc3Cl)o2)cc1. The molecule has 0 unspecified atom stereocenters. The summed E-state index contributed by atoms with van der Waals surface area (Å²) in [6.07, 6.45) is -4.54. The molecule has 0 saturated carbocycles. The predicted molar refractivity (Wildman–Crippen MR) is 105 cm³/mol. The molecule has 0 radical (unpaired) electrons. The third-order valence-corrected chi connectivity index (χ3v) is 4.37. The quantitative estimate of drug-likeness (QED) is 0.493. The van der Waals surface area contributed by atoms with E-state index in [9.17, 15) is 22.8 Å². The highest BCUT2D eigenvalue weighted by molar-refractivity contribution is 6.33. The van der Waals surface area contributed by atoms with Gasteiger partial charge in [0, 0.05) is 11.3 Å². The maximum Gasteiger partial charge on any atom is 0.416 e. The molecule has 0 saturated heterocycles. The minimum Gasteiger partial charge on any atom is -0.462 e. The van der Waals surface area contributed by atoms with Gasteiger partial charge in [0.05, 0.1) is 22.8 Å². The Morgan fingerprint density at radius 2 is 1.77 bits per heavy atom. The molecule has 2 aromatic carbocycles. The summed E-state index contributed by atoms with van der Waals surface area (Å²) in [5.41, 5.74) is -0.146. The summed E-state index contributed by atoms with van der Waals surface area (Å²) in [6.45, 7) is 1.94. The molecule has 1 heterocycles. The Bertz CT molecular complexity index is 1070. The first kappa shape index (κ1) is 21.4. The van der Waals surface area contributed by atoms with Crippen molar-refractivity contribution in [3.8, 4) is 11.3 Å². The fraction of sp³-hybridized carbons (Fsp3) is 0.143. The summed E-state index contributed by atoms with van der Waals surface area (Å²) in [6, 6.07) is 11.5. The van der Waals surface area contributed by atoms with Crippen molar-refractivity contribution in [3.63, 3.8) is 0 Å². The summed E-state index contributed by atoms with van der Waals surface area (Å²) in [5, 5.41) is 2.63. The molecule has 0 aliphatic heterocycles. The van der Waals surface area contributed by atoms with Crippen molar-refractivity contribution in [3.05, 3.63) is 76.5 Å². The van der Waals surface area contributed by atoms with Gasteiger partial charge >= 0.3 is 12.1 Å². The van der Waals surface area contributed by atoms with Crippen LogP contribution in [-0.4, -0.2) is 18.5 Å². The average Bonchev–Trinajstić information content (AvgIpc) is 3.18. The molecule has 1 amide bonds. The number of esters is 1. The van der Waals surface area contributed by atoms with Gasteiger partial charge in [-0.05, 0) is 61.5 Å². The summed E-state index contributed by atoms with van der Waals surface area (Å²) < 4.78 is 49.1. The molecule has 1 aromatic heterocycles. The molecular weight excluding hydrogens is 423 g/mol. The average molecular weight is 438 g/mol. The number of carbonyl (C=O) groups excluding carboxylic acids is 2. The molecule has 5 nitrogen and oxygen atoms in total. The van der Waals surface area contributed by atoms with Crippen molar-refractivity contribution < 1.29 is 31.9 Å². The van der Waals surface area contributed by atoms with Crippen LogP contribution in [0, 0.1) is 0 Å². The van der Waals surface area contributed by atoms with Crippen LogP contribution in [0.25, 0.3) is 11.3 Å². The van der Waals surface area contributed by atoms with E-state index in [-0.39, 0.29) is 28.7 Å². The van der Waals surface area contributed by atoms with E-state index < -0.39 is 23.6 Å². The van der Waals surface area contributed by atoms with E-state index in [0.29, 0.717) is 11.3 Å². The van der Waals surface area contributed by atoms with Crippen molar-refractivity contribution in [2.75, 3.05) is 11.9 Å². The Balaban J connectivity index is 1.77. The van der Waals surface area contributed by atoms with Gasteiger partial charge < -0.3 is 14.5 Å². The normalized spacial score (nSPS) is 11.2. The zero-order valence-corrected chi connectivity index (χ0v) is 16.3. The van der Waals surface area contributed by atoms with E-state index in [4.69, 9.17) is 20.8 Å². The number of furan rings is 1. The van der Waals surface area contributed by atoms with E-state index >= 15 is 0 Å².